The highest BCUT2D eigenvalue weighted by Crippen LogP contribution is 2.50. The number of nitrogens with zero attached hydrogens (tertiary/aromatic N) is 1. The van der Waals surface area contributed by atoms with E-state index >= 15 is 0 Å². The first-order valence-electron chi connectivity index (χ1n) is 11.8. The molecule has 0 unspecified atom stereocenters. The van der Waals surface area contributed by atoms with Crippen molar-refractivity contribution < 1.29 is 8.42 Å². The molecule has 1 saturated heterocycles. The standard InChI is InChI=1S/C25H38N2O2S/c1-4-21(13-20-9-6-5-7-10-20)23-14-24(23)26-22-15-25(16-22)17-27(18-25)11-8-12-30(28,29)19(2)3/h5-7,9-10,13,19,22-24,26H,4,8,11-12,14-18H2,1-3H3/b21-13+/t23-,24+/m1/s1. The Balaban J connectivity index is 1.15. The summed E-state index contributed by atoms with van der Waals surface area (Å²) in [4.78, 5) is 2.45. The van der Waals surface area contributed by atoms with E-state index in [0.29, 0.717) is 29.2 Å². The van der Waals surface area contributed by atoms with Crippen LogP contribution >= 0.6 is 0 Å². The molecule has 3 fully saturated rings. The minimum absolute atomic E-state index is 0.249. The molecule has 1 spiro atoms. The molecule has 3 aliphatic rings. The molecule has 30 heavy (non-hydrogen) atoms. The van der Waals surface area contributed by atoms with Gasteiger partial charge in [0.15, 0.2) is 9.84 Å². The maximum absolute atomic E-state index is 11.9. The number of sulfone groups is 1. The van der Waals surface area contributed by atoms with Crippen LogP contribution in [0.4, 0.5) is 0 Å². The lowest BCUT2D eigenvalue weighted by Gasteiger charge is -2.59. The van der Waals surface area contributed by atoms with Gasteiger partial charge in [-0.15, -0.1) is 0 Å². The number of benzene rings is 1. The second-order valence-electron chi connectivity index (χ2n) is 10.2. The van der Waals surface area contributed by atoms with Crippen LogP contribution in [0, 0.1) is 11.3 Å². The molecule has 1 aliphatic heterocycles. The fourth-order valence-electron chi connectivity index (χ4n) is 5.47. The molecule has 2 atom stereocenters. The van der Waals surface area contributed by atoms with E-state index < -0.39 is 9.84 Å². The molecule has 5 heteroatoms. The van der Waals surface area contributed by atoms with Crippen LogP contribution < -0.4 is 5.32 Å². The number of nitrogens with one attached hydrogen (secondary N) is 1. The first-order valence-corrected chi connectivity index (χ1v) is 13.5. The molecule has 0 radical (unpaired) electrons. The number of rotatable bonds is 10. The molecular formula is C25H38N2O2S. The Bertz CT molecular complexity index is 848. The molecule has 1 aromatic rings. The summed E-state index contributed by atoms with van der Waals surface area (Å²) < 4.78 is 23.9. The van der Waals surface area contributed by atoms with Gasteiger partial charge in [0.25, 0.3) is 0 Å². The lowest BCUT2D eigenvalue weighted by molar-refractivity contribution is -0.0785. The van der Waals surface area contributed by atoms with Gasteiger partial charge in [-0.05, 0) is 69.4 Å². The first-order chi connectivity index (χ1) is 14.3. The molecule has 1 N–H and O–H groups in total. The Labute approximate surface area is 183 Å². The smallest absolute Gasteiger partial charge is 0.152 e. The fourth-order valence-corrected chi connectivity index (χ4v) is 6.48. The molecule has 1 heterocycles. The van der Waals surface area contributed by atoms with Crippen molar-refractivity contribution in [3.63, 3.8) is 0 Å². The molecule has 0 amide bonds. The Morgan fingerprint density at radius 2 is 1.93 bits per heavy atom. The van der Waals surface area contributed by atoms with Gasteiger partial charge in [0, 0.05) is 25.2 Å². The predicted molar refractivity (Wildman–Crippen MR) is 125 cm³/mol. The second-order valence-corrected chi connectivity index (χ2v) is 12.9. The first kappa shape index (κ1) is 22.0. The van der Waals surface area contributed by atoms with E-state index in [1.54, 1.807) is 19.4 Å². The Morgan fingerprint density at radius 1 is 1.23 bits per heavy atom. The fraction of sp³-hybridized carbons (Fsp3) is 0.680. The molecule has 4 nitrogen and oxygen atoms in total. The highest BCUT2D eigenvalue weighted by atomic mass is 32.2. The SMILES string of the molecule is CC/C(=C\c1ccccc1)[C@H]1C[C@@H]1NC1CC2(C1)CN(CCCS(=O)(=O)C(C)C)C2. The van der Waals surface area contributed by atoms with Crippen LogP contribution in [0.3, 0.4) is 0 Å². The highest BCUT2D eigenvalue weighted by molar-refractivity contribution is 7.91. The van der Waals surface area contributed by atoms with E-state index in [2.05, 4.69) is 53.5 Å². The molecule has 1 aromatic carbocycles. The van der Waals surface area contributed by atoms with E-state index in [-0.39, 0.29) is 5.25 Å². The van der Waals surface area contributed by atoms with Gasteiger partial charge in [0.1, 0.15) is 0 Å². The predicted octanol–water partition coefficient (Wildman–Crippen LogP) is 4.14. The molecular weight excluding hydrogens is 392 g/mol. The van der Waals surface area contributed by atoms with E-state index in [9.17, 15) is 8.42 Å². The summed E-state index contributed by atoms with van der Waals surface area (Å²) in [7, 11) is -2.89. The van der Waals surface area contributed by atoms with Crippen LogP contribution in [-0.4, -0.2) is 56.0 Å². The van der Waals surface area contributed by atoms with Gasteiger partial charge in [-0.2, -0.15) is 0 Å². The van der Waals surface area contributed by atoms with E-state index in [4.69, 9.17) is 0 Å². The maximum Gasteiger partial charge on any atom is 0.152 e. The van der Waals surface area contributed by atoms with E-state index in [1.165, 1.54) is 24.8 Å². The van der Waals surface area contributed by atoms with Gasteiger partial charge in [-0.3, -0.25) is 0 Å². The molecule has 2 saturated carbocycles. The molecule has 166 valence electrons. The van der Waals surface area contributed by atoms with Gasteiger partial charge >= 0.3 is 0 Å². The Morgan fingerprint density at radius 3 is 2.57 bits per heavy atom. The normalized spacial score (nSPS) is 26.6. The number of hydrogen-bond donors (Lipinski definition) is 1. The Kier molecular flexibility index (Phi) is 6.43. The van der Waals surface area contributed by atoms with Crippen molar-refractivity contribution in [1.82, 2.24) is 10.2 Å². The monoisotopic (exact) mass is 430 g/mol. The zero-order chi connectivity index (χ0) is 21.4. The third-order valence-electron chi connectivity index (χ3n) is 7.37. The molecule has 2 aliphatic carbocycles. The van der Waals surface area contributed by atoms with E-state index in [0.717, 1.165) is 32.5 Å². The van der Waals surface area contributed by atoms with Crippen molar-refractivity contribution in [1.29, 1.82) is 0 Å². The Hall–Kier alpha value is -1.17. The summed E-state index contributed by atoms with van der Waals surface area (Å²) in [6, 6.07) is 12.0. The summed E-state index contributed by atoms with van der Waals surface area (Å²) in [5.74, 6) is 1.05. The van der Waals surface area contributed by atoms with Crippen LogP contribution in [0.5, 0.6) is 0 Å². The summed E-state index contributed by atoms with van der Waals surface area (Å²) in [6.07, 6.45) is 8.16. The van der Waals surface area contributed by atoms with E-state index in [1.807, 2.05) is 0 Å². The lowest BCUT2D eigenvalue weighted by Crippen LogP contribution is -2.66. The number of likely N-dealkylation sites (tertiary alicyclic amines) is 1. The van der Waals surface area contributed by atoms with Gasteiger partial charge in [-0.25, -0.2) is 8.42 Å². The quantitative estimate of drug-likeness (QED) is 0.606. The third kappa shape index (κ3) is 5.00. The zero-order valence-electron chi connectivity index (χ0n) is 18.8. The third-order valence-corrected chi connectivity index (χ3v) is 9.67. The van der Waals surface area contributed by atoms with Crippen molar-refractivity contribution in [3.05, 3.63) is 41.5 Å². The van der Waals surface area contributed by atoms with Crippen LogP contribution in [0.2, 0.25) is 0 Å². The minimum Gasteiger partial charge on any atom is -0.311 e. The molecule has 0 bridgehead atoms. The highest BCUT2D eigenvalue weighted by Gasteiger charge is 2.53. The van der Waals surface area contributed by atoms with Crippen molar-refractivity contribution in [2.75, 3.05) is 25.4 Å². The average Bonchev–Trinajstić information content (AvgIpc) is 3.42. The van der Waals surface area contributed by atoms with Crippen LogP contribution in [0.15, 0.2) is 35.9 Å². The molecule has 4 rings (SSSR count). The largest absolute Gasteiger partial charge is 0.311 e. The van der Waals surface area contributed by atoms with Crippen LogP contribution in [-0.2, 0) is 9.84 Å². The molecule has 0 aromatic heterocycles. The van der Waals surface area contributed by atoms with Crippen molar-refractivity contribution in [3.8, 4) is 0 Å². The van der Waals surface area contributed by atoms with Crippen molar-refractivity contribution >= 4 is 15.9 Å². The van der Waals surface area contributed by atoms with Crippen molar-refractivity contribution in [2.24, 2.45) is 11.3 Å². The van der Waals surface area contributed by atoms with Gasteiger partial charge in [0.2, 0.25) is 0 Å². The summed E-state index contributed by atoms with van der Waals surface area (Å²) in [5.41, 5.74) is 3.42. The number of hydrogen-bond acceptors (Lipinski definition) is 4. The van der Waals surface area contributed by atoms with Crippen LogP contribution in [0.25, 0.3) is 6.08 Å². The van der Waals surface area contributed by atoms with Crippen molar-refractivity contribution in [2.45, 2.75) is 70.2 Å². The second kappa shape index (κ2) is 8.76. The lowest BCUT2D eigenvalue weighted by atomic mass is 9.60. The van der Waals surface area contributed by atoms with Gasteiger partial charge in [-0.1, -0.05) is 48.9 Å². The van der Waals surface area contributed by atoms with Crippen LogP contribution in [0.1, 0.15) is 58.4 Å². The topological polar surface area (TPSA) is 49.4 Å². The minimum atomic E-state index is -2.89. The van der Waals surface area contributed by atoms with Gasteiger partial charge < -0.3 is 10.2 Å². The summed E-state index contributed by atoms with van der Waals surface area (Å²) >= 11 is 0. The maximum atomic E-state index is 11.9. The summed E-state index contributed by atoms with van der Waals surface area (Å²) in [5, 5.41) is 3.67. The zero-order valence-corrected chi connectivity index (χ0v) is 19.6. The summed E-state index contributed by atoms with van der Waals surface area (Å²) in [6.45, 7) is 9.09. The average molecular weight is 431 g/mol. The van der Waals surface area contributed by atoms with Gasteiger partial charge in [0.05, 0.1) is 11.0 Å².